The number of hydrogen-bond acceptors (Lipinski definition) is 5. The van der Waals surface area contributed by atoms with Gasteiger partial charge in [0.25, 0.3) is 0 Å². The third-order valence-corrected chi connectivity index (χ3v) is 2.45. The predicted molar refractivity (Wildman–Crippen MR) is 54.9 cm³/mol. The lowest BCUT2D eigenvalue weighted by atomic mass is 10.2. The first-order valence-electron chi connectivity index (χ1n) is 4.74. The molecule has 0 spiro atoms. The molecule has 2 atom stereocenters. The number of anilines is 1. The summed E-state index contributed by atoms with van der Waals surface area (Å²) in [5, 5.41) is 11.1. The van der Waals surface area contributed by atoms with Gasteiger partial charge in [-0.25, -0.2) is 0 Å². The molecule has 2 unspecified atom stereocenters. The summed E-state index contributed by atoms with van der Waals surface area (Å²) in [4.78, 5) is 2.21. The number of likely N-dealkylation sites (N-methyl/N-ethyl adjacent to an activating group) is 1. The van der Waals surface area contributed by atoms with Crippen LogP contribution in [-0.4, -0.2) is 47.3 Å². The number of nitrogens with one attached hydrogen (secondary N) is 1. The molecule has 0 radical (unpaired) electrons. The molecule has 2 rings (SSSR count). The first-order chi connectivity index (χ1) is 6.75. The van der Waals surface area contributed by atoms with E-state index in [1.165, 1.54) is 0 Å². The van der Waals surface area contributed by atoms with E-state index in [4.69, 9.17) is 5.73 Å². The number of likely N-dealkylation sites (tertiary alicyclic amines) is 1. The lowest BCUT2D eigenvalue weighted by molar-refractivity contribution is 0.409. The molecule has 0 amide bonds. The first-order valence-corrected chi connectivity index (χ1v) is 4.74. The molecule has 1 fully saturated rings. The Morgan fingerprint density at radius 1 is 1.57 bits per heavy atom. The Balaban J connectivity index is 1.98. The van der Waals surface area contributed by atoms with Crippen molar-refractivity contribution in [3.8, 4) is 0 Å². The topological polar surface area (TPSA) is 67.1 Å². The maximum absolute atomic E-state index is 5.96. The lowest BCUT2D eigenvalue weighted by Crippen LogP contribution is -2.39. The Hall–Kier alpha value is -1.20. The quantitative estimate of drug-likeness (QED) is 0.664. The van der Waals surface area contributed by atoms with E-state index in [2.05, 4.69) is 27.5 Å². The van der Waals surface area contributed by atoms with Crippen molar-refractivity contribution in [2.24, 2.45) is 5.73 Å². The van der Waals surface area contributed by atoms with Crippen LogP contribution in [0.25, 0.3) is 0 Å². The zero-order valence-electron chi connectivity index (χ0n) is 8.22. The van der Waals surface area contributed by atoms with Crippen molar-refractivity contribution in [2.45, 2.75) is 12.1 Å². The van der Waals surface area contributed by atoms with Crippen molar-refractivity contribution in [1.82, 2.24) is 15.1 Å². The second-order valence-corrected chi connectivity index (χ2v) is 3.74. The van der Waals surface area contributed by atoms with Gasteiger partial charge in [0.1, 0.15) is 5.82 Å². The lowest BCUT2D eigenvalue weighted by Gasteiger charge is -2.16. The summed E-state index contributed by atoms with van der Waals surface area (Å²) in [6.07, 6.45) is 1.66. The molecule has 1 aliphatic heterocycles. The monoisotopic (exact) mass is 193 g/mol. The molecule has 5 heteroatoms. The second kappa shape index (κ2) is 3.89. The number of rotatable bonds is 2. The number of nitrogens with two attached hydrogens (primary N) is 1. The largest absolute Gasteiger partial charge is 0.363 e. The van der Waals surface area contributed by atoms with Gasteiger partial charge in [0.15, 0.2) is 0 Å². The molecular formula is C9H15N5. The van der Waals surface area contributed by atoms with E-state index in [0.29, 0.717) is 0 Å². The van der Waals surface area contributed by atoms with E-state index in [-0.39, 0.29) is 12.1 Å². The van der Waals surface area contributed by atoms with Crippen LogP contribution in [0, 0.1) is 0 Å². The molecular weight excluding hydrogens is 178 g/mol. The normalized spacial score (nSPS) is 27.9. The van der Waals surface area contributed by atoms with Gasteiger partial charge < -0.3 is 16.0 Å². The van der Waals surface area contributed by atoms with Gasteiger partial charge in [0.05, 0.1) is 6.04 Å². The summed E-state index contributed by atoms with van der Waals surface area (Å²) in [6.45, 7) is 1.88. The predicted octanol–water partition coefficient (Wildman–Crippen LogP) is -0.470. The van der Waals surface area contributed by atoms with Crippen molar-refractivity contribution < 1.29 is 0 Å². The van der Waals surface area contributed by atoms with Gasteiger partial charge in [-0.3, -0.25) is 0 Å². The van der Waals surface area contributed by atoms with Crippen LogP contribution in [0.3, 0.4) is 0 Å². The molecule has 1 aliphatic rings. The van der Waals surface area contributed by atoms with Crippen LogP contribution in [0.2, 0.25) is 0 Å². The van der Waals surface area contributed by atoms with Gasteiger partial charge in [-0.2, -0.15) is 5.10 Å². The van der Waals surface area contributed by atoms with Crippen molar-refractivity contribution in [2.75, 3.05) is 25.5 Å². The highest BCUT2D eigenvalue weighted by Gasteiger charge is 2.27. The first kappa shape index (κ1) is 9.36. The minimum Gasteiger partial charge on any atom is -0.363 e. The molecule has 2 heterocycles. The molecule has 3 N–H and O–H groups in total. The third kappa shape index (κ3) is 2.00. The van der Waals surface area contributed by atoms with E-state index in [0.717, 1.165) is 18.9 Å². The van der Waals surface area contributed by atoms with E-state index >= 15 is 0 Å². The maximum Gasteiger partial charge on any atom is 0.148 e. The van der Waals surface area contributed by atoms with Crippen molar-refractivity contribution in [3.63, 3.8) is 0 Å². The fourth-order valence-corrected chi connectivity index (χ4v) is 1.75. The van der Waals surface area contributed by atoms with Gasteiger partial charge in [-0.1, -0.05) is 0 Å². The second-order valence-electron chi connectivity index (χ2n) is 3.74. The zero-order valence-corrected chi connectivity index (χ0v) is 8.22. The Morgan fingerprint density at radius 3 is 3.00 bits per heavy atom. The summed E-state index contributed by atoms with van der Waals surface area (Å²) < 4.78 is 0. The van der Waals surface area contributed by atoms with Crippen molar-refractivity contribution in [3.05, 3.63) is 18.3 Å². The highest BCUT2D eigenvalue weighted by molar-refractivity contribution is 5.34. The van der Waals surface area contributed by atoms with E-state index in [9.17, 15) is 0 Å². The summed E-state index contributed by atoms with van der Waals surface area (Å²) in [6, 6.07) is 4.20. The van der Waals surface area contributed by atoms with Crippen LogP contribution in [-0.2, 0) is 0 Å². The smallest absolute Gasteiger partial charge is 0.148 e. The Bertz CT molecular complexity index is 289. The molecule has 14 heavy (non-hydrogen) atoms. The van der Waals surface area contributed by atoms with Gasteiger partial charge in [-0.15, -0.1) is 5.10 Å². The molecule has 5 nitrogen and oxygen atoms in total. The number of aromatic nitrogens is 2. The van der Waals surface area contributed by atoms with Gasteiger partial charge in [-0.05, 0) is 19.2 Å². The van der Waals surface area contributed by atoms with Crippen molar-refractivity contribution in [1.29, 1.82) is 0 Å². The number of hydrogen-bond donors (Lipinski definition) is 2. The fourth-order valence-electron chi connectivity index (χ4n) is 1.75. The average molecular weight is 193 g/mol. The molecule has 1 aromatic rings. The number of nitrogens with zero attached hydrogens (tertiary/aromatic N) is 3. The minimum absolute atomic E-state index is 0.169. The minimum atomic E-state index is 0.169. The molecule has 1 aromatic heterocycles. The Morgan fingerprint density at radius 2 is 2.43 bits per heavy atom. The highest BCUT2D eigenvalue weighted by atomic mass is 15.2. The van der Waals surface area contributed by atoms with Crippen LogP contribution in [0.15, 0.2) is 18.3 Å². The van der Waals surface area contributed by atoms with Crippen molar-refractivity contribution >= 4 is 5.82 Å². The molecule has 1 saturated heterocycles. The summed E-state index contributed by atoms with van der Waals surface area (Å²) in [5.74, 6) is 0.795. The summed E-state index contributed by atoms with van der Waals surface area (Å²) in [5.41, 5.74) is 5.96. The van der Waals surface area contributed by atoms with Crippen LogP contribution in [0.5, 0.6) is 0 Å². The Kier molecular flexibility index (Phi) is 2.60. The molecule has 76 valence electrons. The van der Waals surface area contributed by atoms with E-state index in [1.807, 2.05) is 12.1 Å². The van der Waals surface area contributed by atoms with Crippen LogP contribution < -0.4 is 11.1 Å². The molecule has 0 aromatic carbocycles. The van der Waals surface area contributed by atoms with E-state index < -0.39 is 0 Å². The summed E-state index contributed by atoms with van der Waals surface area (Å²) >= 11 is 0. The van der Waals surface area contributed by atoms with Crippen LogP contribution in [0.1, 0.15) is 0 Å². The summed E-state index contributed by atoms with van der Waals surface area (Å²) in [7, 11) is 2.07. The molecule has 0 bridgehead atoms. The zero-order chi connectivity index (χ0) is 9.97. The Labute approximate surface area is 83.3 Å². The average Bonchev–Trinajstić information content (AvgIpc) is 2.47. The third-order valence-electron chi connectivity index (χ3n) is 2.45. The SMILES string of the molecule is CN1CC(N)C(Nc2cccnn2)C1. The highest BCUT2D eigenvalue weighted by Crippen LogP contribution is 2.10. The van der Waals surface area contributed by atoms with Gasteiger partial charge >= 0.3 is 0 Å². The fraction of sp³-hybridized carbons (Fsp3) is 0.556. The molecule has 0 aliphatic carbocycles. The van der Waals surface area contributed by atoms with E-state index in [1.54, 1.807) is 6.20 Å². The molecule has 0 saturated carbocycles. The van der Waals surface area contributed by atoms with Crippen LogP contribution >= 0.6 is 0 Å². The van der Waals surface area contributed by atoms with Gasteiger partial charge in [0, 0.05) is 25.3 Å². The van der Waals surface area contributed by atoms with Gasteiger partial charge in [0.2, 0.25) is 0 Å². The van der Waals surface area contributed by atoms with Crippen LogP contribution in [0.4, 0.5) is 5.82 Å². The maximum atomic E-state index is 5.96. The standard InChI is InChI=1S/C9H15N5/c1-14-5-7(10)8(6-14)12-9-3-2-4-11-13-9/h2-4,7-8H,5-6,10H2,1H3,(H,12,13).